The van der Waals surface area contributed by atoms with E-state index < -0.39 is 0 Å². The number of aldehydes is 1. The van der Waals surface area contributed by atoms with Gasteiger partial charge in [-0.3, -0.25) is 4.79 Å². The summed E-state index contributed by atoms with van der Waals surface area (Å²) < 4.78 is 5.33. The molecule has 4 nitrogen and oxygen atoms in total. The van der Waals surface area contributed by atoms with E-state index >= 15 is 0 Å². The summed E-state index contributed by atoms with van der Waals surface area (Å²) in [6, 6.07) is 4.92. The summed E-state index contributed by atoms with van der Waals surface area (Å²) in [5.41, 5.74) is 0.375. The molecule has 17 heavy (non-hydrogen) atoms. The van der Waals surface area contributed by atoms with Crippen molar-refractivity contribution in [1.29, 1.82) is 0 Å². The molecule has 1 heterocycles. The molecule has 0 amide bonds. The van der Waals surface area contributed by atoms with E-state index in [-0.39, 0.29) is 6.01 Å². The molecule has 0 bridgehead atoms. The summed E-state index contributed by atoms with van der Waals surface area (Å²) in [6.45, 7) is 0. The fourth-order valence-corrected chi connectivity index (χ4v) is 1.54. The predicted molar refractivity (Wildman–Crippen MR) is 64.0 cm³/mol. The van der Waals surface area contributed by atoms with Crippen LogP contribution in [0.1, 0.15) is 10.4 Å². The standard InChI is InChI=1S/C11H6Cl2N2O2/c12-8-1-2-10(9(13)3-8)17-11-14-4-7(6-16)5-15-11/h1-6H. The van der Waals surface area contributed by atoms with Gasteiger partial charge in [0.15, 0.2) is 6.29 Å². The molecule has 2 rings (SSSR count). The molecule has 2 aromatic rings. The number of hydrogen-bond donors (Lipinski definition) is 0. The van der Waals surface area contributed by atoms with Crippen LogP contribution in [-0.4, -0.2) is 16.3 Å². The fourth-order valence-electron chi connectivity index (χ4n) is 1.10. The number of rotatable bonds is 3. The van der Waals surface area contributed by atoms with Crippen LogP contribution in [0.3, 0.4) is 0 Å². The van der Waals surface area contributed by atoms with Crippen molar-refractivity contribution in [2.24, 2.45) is 0 Å². The molecule has 0 fully saturated rings. The lowest BCUT2D eigenvalue weighted by Crippen LogP contribution is -1.93. The largest absolute Gasteiger partial charge is 0.423 e. The fraction of sp³-hybridized carbons (Fsp3) is 0. The Morgan fingerprint density at radius 3 is 2.47 bits per heavy atom. The monoisotopic (exact) mass is 268 g/mol. The Balaban J connectivity index is 2.22. The highest BCUT2D eigenvalue weighted by Crippen LogP contribution is 2.29. The zero-order valence-electron chi connectivity index (χ0n) is 8.43. The highest BCUT2D eigenvalue weighted by Gasteiger charge is 2.05. The lowest BCUT2D eigenvalue weighted by atomic mass is 10.3. The second kappa shape index (κ2) is 5.12. The van der Waals surface area contributed by atoms with Gasteiger partial charge in [0, 0.05) is 17.4 Å². The zero-order chi connectivity index (χ0) is 12.3. The molecule has 0 spiro atoms. The average Bonchev–Trinajstić information content (AvgIpc) is 2.34. The zero-order valence-corrected chi connectivity index (χ0v) is 9.94. The van der Waals surface area contributed by atoms with Gasteiger partial charge in [-0.2, -0.15) is 0 Å². The van der Waals surface area contributed by atoms with Gasteiger partial charge in [0.2, 0.25) is 0 Å². The van der Waals surface area contributed by atoms with Gasteiger partial charge in [-0.1, -0.05) is 23.2 Å². The molecular weight excluding hydrogens is 263 g/mol. The predicted octanol–water partition coefficient (Wildman–Crippen LogP) is 3.39. The Labute approximate surface area is 107 Å². The maximum atomic E-state index is 10.4. The van der Waals surface area contributed by atoms with Crippen molar-refractivity contribution in [3.63, 3.8) is 0 Å². The first-order valence-electron chi connectivity index (χ1n) is 4.59. The SMILES string of the molecule is O=Cc1cnc(Oc2ccc(Cl)cc2Cl)nc1. The quantitative estimate of drug-likeness (QED) is 0.801. The number of hydrogen-bond acceptors (Lipinski definition) is 4. The number of halogens is 2. The third-order valence-corrected chi connectivity index (χ3v) is 2.41. The summed E-state index contributed by atoms with van der Waals surface area (Å²) >= 11 is 11.7. The van der Waals surface area contributed by atoms with Crippen molar-refractivity contribution in [3.8, 4) is 11.8 Å². The highest BCUT2D eigenvalue weighted by molar-refractivity contribution is 6.35. The number of carbonyl (C=O) groups excluding carboxylic acids is 1. The van der Waals surface area contributed by atoms with E-state index in [4.69, 9.17) is 27.9 Å². The molecular formula is C11H6Cl2N2O2. The normalized spacial score (nSPS) is 10.0. The summed E-state index contributed by atoms with van der Waals surface area (Å²) in [6.07, 6.45) is 3.37. The number of benzene rings is 1. The Hall–Kier alpha value is -1.65. The van der Waals surface area contributed by atoms with E-state index in [1.54, 1.807) is 18.2 Å². The molecule has 0 aliphatic heterocycles. The first-order chi connectivity index (χ1) is 8.19. The minimum atomic E-state index is 0.111. The molecule has 0 radical (unpaired) electrons. The van der Waals surface area contributed by atoms with Crippen molar-refractivity contribution in [3.05, 3.63) is 46.2 Å². The maximum Gasteiger partial charge on any atom is 0.321 e. The summed E-state index contributed by atoms with van der Waals surface area (Å²) in [7, 11) is 0. The average molecular weight is 269 g/mol. The van der Waals surface area contributed by atoms with Gasteiger partial charge in [0.05, 0.1) is 10.6 Å². The van der Waals surface area contributed by atoms with Gasteiger partial charge in [-0.05, 0) is 18.2 Å². The molecule has 0 unspecified atom stereocenters. The molecule has 0 aliphatic rings. The van der Waals surface area contributed by atoms with Crippen molar-refractivity contribution in [2.45, 2.75) is 0 Å². The van der Waals surface area contributed by atoms with E-state index in [2.05, 4.69) is 9.97 Å². The van der Waals surface area contributed by atoms with Crippen LogP contribution >= 0.6 is 23.2 Å². The van der Waals surface area contributed by atoms with Crippen LogP contribution in [0.2, 0.25) is 10.0 Å². The van der Waals surface area contributed by atoms with Gasteiger partial charge in [0.1, 0.15) is 5.75 Å². The van der Waals surface area contributed by atoms with Crippen LogP contribution in [0, 0.1) is 0 Å². The minimum absolute atomic E-state index is 0.111. The lowest BCUT2D eigenvalue weighted by molar-refractivity contribution is 0.112. The van der Waals surface area contributed by atoms with Crippen molar-refractivity contribution >= 4 is 29.5 Å². The van der Waals surface area contributed by atoms with E-state index in [0.717, 1.165) is 0 Å². The molecule has 1 aromatic heterocycles. The maximum absolute atomic E-state index is 10.4. The third-order valence-electron chi connectivity index (χ3n) is 1.88. The lowest BCUT2D eigenvalue weighted by Gasteiger charge is -2.05. The molecule has 86 valence electrons. The molecule has 6 heteroatoms. The topological polar surface area (TPSA) is 52.1 Å². The Morgan fingerprint density at radius 1 is 1.18 bits per heavy atom. The number of aromatic nitrogens is 2. The molecule has 0 saturated heterocycles. The first kappa shape index (κ1) is 11.8. The van der Waals surface area contributed by atoms with Crippen LogP contribution in [-0.2, 0) is 0 Å². The number of ether oxygens (including phenoxy) is 1. The van der Waals surface area contributed by atoms with E-state index in [1.807, 2.05) is 0 Å². The van der Waals surface area contributed by atoms with Crippen molar-refractivity contribution in [1.82, 2.24) is 9.97 Å². The van der Waals surface area contributed by atoms with Crippen LogP contribution in [0.25, 0.3) is 0 Å². The van der Waals surface area contributed by atoms with Gasteiger partial charge >= 0.3 is 6.01 Å². The van der Waals surface area contributed by atoms with Crippen LogP contribution in [0.4, 0.5) is 0 Å². The van der Waals surface area contributed by atoms with Gasteiger partial charge in [0.25, 0.3) is 0 Å². The second-order valence-electron chi connectivity index (χ2n) is 3.09. The molecule has 0 N–H and O–H groups in total. The molecule has 1 aromatic carbocycles. The minimum Gasteiger partial charge on any atom is -0.423 e. The van der Waals surface area contributed by atoms with Gasteiger partial charge in [-0.25, -0.2) is 9.97 Å². The number of carbonyl (C=O) groups is 1. The van der Waals surface area contributed by atoms with Crippen LogP contribution < -0.4 is 4.74 Å². The molecule has 0 saturated carbocycles. The number of nitrogens with zero attached hydrogens (tertiary/aromatic N) is 2. The molecule has 0 aliphatic carbocycles. The first-order valence-corrected chi connectivity index (χ1v) is 5.35. The molecule has 0 atom stereocenters. The third kappa shape index (κ3) is 2.93. The Bertz CT molecular complexity index is 544. The van der Waals surface area contributed by atoms with Crippen LogP contribution in [0.15, 0.2) is 30.6 Å². The summed E-state index contributed by atoms with van der Waals surface area (Å²) in [5.74, 6) is 0.398. The van der Waals surface area contributed by atoms with Gasteiger partial charge < -0.3 is 4.74 Å². The van der Waals surface area contributed by atoms with E-state index in [1.165, 1.54) is 12.4 Å². The Kier molecular flexibility index (Phi) is 3.56. The van der Waals surface area contributed by atoms with Crippen LogP contribution in [0.5, 0.6) is 11.8 Å². The van der Waals surface area contributed by atoms with Gasteiger partial charge in [-0.15, -0.1) is 0 Å². The highest BCUT2D eigenvalue weighted by atomic mass is 35.5. The smallest absolute Gasteiger partial charge is 0.321 e. The van der Waals surface area contributed by atoms with E-state index in [0.29, 0.717) is 27.6 Å². The summed E-state index contributed by atoms with van der Waals surface area (Å²) in [5, 5.41) is 0.875. The Morgan fingerprint density at radius 2 is 1.88 bits per heavy atom. The second-order valence-corrected chi connectivity index (χ2v) is 3.94. The van der Waals surface area contributed by atoms with Crippen molar-refractivity contribution < 1.29 is 9.53 Å². The summed E-state index contributed by atoms with van der Waals surface area (Å²) in [4.78, 5) is 18.1. The van der Waals surface area contributed by atoms with Crippen molar-refractivity contribution in [2.75, 3.05) is 0 Å². The van der Waals surface area contributed by atoms with E-state index in [9.17, 15) is 4.79 Å².